The van der Waals surface area contributed by atoms with Crippen LogP contribution in [0.25, 0.3) is 0 Å². The molecule has 0 saturated carbocycles. The minimum Gasteiger partial charge on any atom is -1.00 e. The molecule has 0 rings (SSSR count). The monoisotopic (exact) mass is 164 g/mol. The largest absolute Gasteiger partial charge is 2.00 e. The minimum absolute atomic E-state index is 0. The summed E-state index contributed by atoms with van der Waals surface area (Å²) in [6, 6.07) is 0. The fourth-order valence-corrected chi connectivity index (χ4v) is 0.611. The van der Waals surface area contributed by atoms with Crippen molar-refractivity contribution in [3.63, 3.8) is 0 Å². The molecule has 0 bridgehead atoms. The van der Waals surface area contributed by atoms with Crippen molar-refractivity contribution in [2.24, 2.45) is 0 Å². The van der Waals surface area contributed by atoms with Crippen molar-refractivity contribution in [1.82, 2.24) is 0 Å². The molecule has 0 saturated heterocycles. The maximum atomic E-state index is 10.9. The molecular formula is C9H16MgO. The van der Waals surface area contributed by atoms with Gasteiger partial charge in [0.1, 0.15) is 0 Å². The van der Waals surface area contributed by atoms with E-state index in [4.69, 9.17) is 0 Å². The molecule has 0 N–H and O–H groups in total. The first-order valence-electron chi connectivity index (χ1n) is 3.36. The van der Waals surface area contributed by atoms with Crippen molar-refractivity contribution in [2.45, 2.75) is 27.7 Å². The van der Waals surface area contributed by atoms with Gasteiger partial charge in [0, 0.05) is 0 Å². The third kappa shape index (κ3) is 9.92. The maximum Gasteiger partial charge on any atom is 2.00 e. The Hall–Kier alpha value is -0.0838. The second kappa shape index (κ2) is 6.62. The topological polar surface area (TPSA) is 17.1 Å². The van der Waals surface area contributed by atoms with Crippen LogP contribution in [0, 0.1) is 0 Å². The smallest absolute Gasteiger partial charge is 1.00 e. The summed E-state index contributed by atoms with van der Waals surface area (Å²) in [6.07, 6.45) is 3.26. The molecule has 0 aliphatic rings. The molecule has 2 heteroatoms. The summed E-state index contributed by atoms with van der Waals surface area (Å²) < 4.78 is 0. The SMILES string of the molecule is CC(C)=CC(=O)C=C(C)C.[H-].[H-].[Mg+2]. The number of hydrogen-bond donors (Lipinski definition) is 0. The van der Waals surface area contributed by atoms with Gasteiger partial charge in [0.05, 0.1) is 0 Å². The van der Waals surface area contributed by atoms with Gasteiger partial charge < -0.3 is 2.85 Å². The first kappa shape index (κ1) is 13.5. The van der Waals surface area contributed by atoms with Gasteiger partial charge >= 0.3 is 23.1 Å². The average Bonchev–Trinajstić information content (AvgIpc) is 1.58. The molecule has 0 radical (unpaired) electrons. The van der Waals surface area contributed by atoms with E-state index in [0.29, 0.717) is 0 Å². The zero-order valence-electron chi connectivity index (χ0n) is 9.77. The predicted molar refractivity (Wildman–Crippen MR) is 51.8 cm³/mol. The molecule has 11 heavy (non-hydrogen) atoms. The van der Waals surface area contributed by atoms with Gasteiger partial charge in [-0.1, -0.05) is 11.1 Å². The molecule has 0 fully saturated rings. The van der Waals surface area contributed by atoms with Gasteiger partial charge in [-0.2, -0.15) is 0 Å². The first-order chi connectivity index (χ1) is 4.52. The summed E-state index contributed by atoms with van der Waals surface area (Å²) in [6.45, 7) is 7.65. The van der Waals surface area contributed by atoms with E-state index in [-0.39, 0.29) is 31.7 Å². The van der Waals surface area contributed by atoms with Crippen molar-refractivity contribution < 1.29 is 7.65 Å². The molecule has 60 valence electrons. The number of carbonyl (C=O) groups excluding carboxylic acids is 1. The maximum absolute atomic E-state index is 10.9. The fourth-order valence-electron chi connectivity index (χ4n) is 0.611. The van der Waals surface area contributed by atoms with E-state index in [9.17, 15) is 4.79 Å². The molecule has 0 unspecified atom stereocenters. The van der Waals surface area contributed by atoms with Gasteiger partial charge in [-0.3, -0.25) is 4.79 Å². The van der Waals surface area contributed by atoms with E-state index in [1.54, 1.807) is 12.2 Å². The van der Waals surface area contributed by atoms with Crippen molar-refractivity contribution >= 4 is 28.8 Å². The Morgan fingerprint density at radius 2 is 1.27 bits per heavy atom. The number of allylic oxidation sites excluding steroid dienone is 4. The number of ketones is 1. The number of rotatable bonds is 2. The number of carbonyl (C=O) groups is 1. The van der Waals surface area contributed by atoms with Crippen LogP contribution in [-0.2, 0) is 4.79 Å². The van der Waals surface area contributed by atoms with Crippen LogP contribution in [0.2, 0.25) is 0 Å². The zero-order chi connectivity index (χ0) is 8.15. The average molecular weight is 165 g/mol. The zero-order valence-corrected chi connectivity index (χ0v) is 9.18. The summed E-state index contributed by atoms with van der Waals surface area (Å²) in [7, 11) is 0. The summed E-state index contributed by atoms with van der Waals surface area (Å²) in [5.74, 6) is 0.0833. The second-order valence-electron chi connectivity index (χ2n) is 2.85. The molecule has 0 aromatic heterocycles. The summed E-state index contributed by atoms with van der Waals surface area (Å²) in [4.78, 5) is 10.9. The summed E-state index contributed by atoms with van der Waals surface area (Å²) in [5, 5.41) is 0. The van der Waals surface area contributed by atoms with E-state index in [0.717, 1.165) is 11.1 Å². The summed E-state index contributed by atoms with van der Waals surface area (Å²) in [5.41, 5.74) is 2.09. The molecular weight excluding hydrogens is 148 g/mol. The molecule has 0 amide bonds. The van der Waals surface area contributed by atoms with Crippen molar-refractivity contribution in [1.29, 1.82) is 0 Å². The van der Waals surface area contributed by atoms with Gasteiger partial charge in [-0.15, -0.1) is 0 Å². The van der Waals surface area contributed by atoms with Crippen molar-refractivity contribution in [2.75, 3.05) is 0 Å². The Morgan fingerprint density at radius 1 is 1.00 bits per heavy atom. The second-order valence-corrected chi connectivity index (χ2v) is 2.85. The van der Waals surface area contributed by atoms with Crippen LogP contribution in [0.3, 0.4) is 0 Å². The van der Waals surface area contributed by atoms with Gasteiger partial charge in [0.25, 0.3) is 0 Å². The van der Waals surface area contributed by atoms with Crippen LogP contribution in [-0.4, -0.2) is 28.8 Å². The van der Waals surface area contributed by atoms with E-state index in [1.807, 2.05) is 27.7 Å². The van der Waals surface area contributed by atoms with Crippen LogP contribution in [0.4, 0.5) is 0 Å². The Balaban J connectivity index is -0.000000135. The van der Waals surface area contributed by atoms with Crippen LogP contribution in [0.1, 0.15) is 30.5 Å². The Labute approximate surface area is 87.7 Å². The predicted octanol–water partition coefficient (Wildman–Crippen LogP) is 2.33. The third-order valence-electron chi connectivity index (χ3n) is 0.862. The normalized spacial score (nSPS) is 7.64. The molecule has 0 aromatic rings. The van der Waals surface area contributed by atoms with Gasteiger partial charge in [-0.05, 0) is 39.8 Å². The molecule has 0 heterocycles. The van der Waals surface area contributed by atoms with Crippen LogP contribution >= 0.6 is 0 Å². The van der Waals surface area contributed by atoms with E-state index < -0.39 is 0 Å². The van der Waals surface area contributed by atoms with Gasteiger partial charge in [0.2, 0.25) is 0 Å². The molecule has 0 aliphatic heterocycles. The molecule has 0 aliphatic carbocycles. The third-order valence-corrected chi connectivity index (χ3v) is 0.862. The number of hydrogen-bond acceptors (Lipinski definition) is 1. The van der Waals surface area contributed by atoms with Crippen molar-refractivity contribution in [3.8, 4) is 0 Å². The summed E-state index contributed by atoms with van der Waals surface area (Å²) >= 11 is 0. The quantitative estimate of drug-likeness (QED) is 0.452. The first-order valence-corrected chi connectivity index (χ1v) is 3.36. The van der Waals surface area contributed by atoms with Crippen LogP contribution in [0.15, 0.2) is 23.3 Å². The van der Waals surface area contributed by atoms with Crippen LogP contribution in [0.5, 0.6) is 0 Å². The van der Waals surface area contributed by atoms with Crippen molar-refractivity contribution in [3.05, 3.63) is 23.3 Å². The Bertz CT molecular complexity index is 170. The van der Waals surface area contributed by atoms with E-state index >= 15 is 0 Å². The van der Waals surface area contributed by atoms with Gasteiger partial charge in [0.15, 0.2) is 5.78 Å². The Morgan fingerprint density at radius 3 is 1.45 bits per heavy atom. The van der Waals surface area contributed by atoms with E-state index in [2.05, 4.69) is 0 Å². The van der Waals surface area contributed by atoms with E-state index in [1.165, 1.54) is 0 Å². The van der Waals surface area contributed by atoms with Gasteiger partial charge in [-0.25, -0.2) is 0 Å². The standard InChI is InChI=1S/C9H14O.Mg.2H/c1-7(2)5-9(10)6-8(3)4;;;/h5-6H,1-4H3;;;/q;+2;2*-1. The molecule has 1 nitrogen and oxygen atoms in total. The minimum atomic E-state index is 0. The molecule has 0 spiro atoms. The Kier molecular flexibility index (Phi) is 8.12. The van der Waals surface area contributed by atoms with Crippen LogP contribution < -0.4 is 0 Å². The molecule has 0 aromatic carbocycles. The molecule has 0 atom stereocenters. The fraction of sp³-hybridized carbons (Fsp3) is 0.444.